The molecular formula is C20H26N4O. The number of benzene rings is 1. The molecule has 0 atom stereocenters. The maximum absolute atomic E-state index is 6.09. The molecule has 0 bridgehead atoms. The predicted octanol–water partition coefficient (Wildman–Crippen LogP) is 3.27. The van der Waals surface area contributed by atoms with Crippen LogP contribution in [0.2, 0.25) is 0 Å². The molecule has 5 nitrogen and oxygen atoms in total. The number of pyridine rings is 1. The Hall–Kier alpha value is -2.56. The number of ether oxygens (including phenoxy) is 1. The van der Waals surface area contributed by atoms with Gasteiger partial charge in [0.1, 0.15) is 6.10 Å². The van der Waals surface area contributed by atoms with Gasteiger partial charge in [0, 0.05) is 31.9 Å². The van der Waals surface area contributed by atoms with Gasteiger partial charge in [-0.05, 0) is 37.3 Å². The Morgan fingerprint density at radius 2 is 1.84 bits per heavy atom. The minimum atomic E-state index is 0.309. The van der Waals surface area contributed by atoms with Gasteiger partial charge in [0.25, 0.3) is 0 Å². The molecule has 132 valence electrons. The normalized spacial score (nSPS) is 15.2. The first-order chi connectivity index (χ1) is 12.3. The topological polar surface area (TPSA) is 58.5 Å². The van der Waals surface area contributed by atoms with Gasteiger partial charge in [0.15, 0.2) is 5.96 Å². The van der Waals surface area contributed by atoms with Crippen molar-refractivity contribution in [2.24, 2.45) is 4.99 Å². The van der Waals surface area contributed by atoms with E-state index in [2.05, 4.69) is 38.8 Å². The SMILES string of the molecule is CN=C(NCc1ccccc1)NCc1cccnc1OC1CCCC1. The number of nitrogens with one attached hydrogen (secondary N) is 2. The lowest BCUT2D eigenvalue weighted by Gasteiger charge is -2.16. The Bertz CT molecular complexity index is 681. The smallest absolute Gasteiger partial charge is 0.218 e. The van der Waals surface area contributed by atoms with E-state index in [0.717, 1.165) is 36.8 Å². The molecule has 5 heteroatoms. The van der Waals surface area contributed by atoms with Crippen LogP contribution >= 0.6 is 0 Å². The predicted molar refractivity (Wildman–Crippen MR) is 101 cm³/mol. The minimum absolute atomic E-state index is 0.309. The van der Waals surface area contributed by atoms with Gasteiger partial charge in [-0.25, -0.2) is 4.98 Å². The van der Waals surface area contributed by atoms with Crippen LogP contribution in [0.25, 0.3) is 0 Å². The van der Waals surface area contributed by atoms with Crippen molar-refractivity contribution in [3.63, 3.8) is 0 Å². The molecule has 2 aromatic rings. The Morgan fingerprint density at radius 1 is 1.08 bits per heavy atom. The van der Waals surface area contributed by atoms with Crippen molar-refractivity contribution in [1.29, 1.82) is 0 Å². The summed E-state index contributed by atoms with van der Waals surface area (Å²) in [6.07, 6.45) is 6.86. The zero-order valence-electron chi connectivity index (χ0n) is 14.7. The van der Waals surface area contributed by atoms with Gasteiger partial charge < -0.3 is 15.4 Å². The van der Waals surface area contributed by atoms with Crippen LogP contribution in [0.4, 0.5) is 0 Å². The first kappa shape index (κ1) is 17.3. The van der Waals surface area contributed by atoms with E-state index in [9.17, 15) is 0 Å². The zero-order chi connectivity index (χ0) is 17.3. The molecule has 0 unspecified atom stereocenters. The van der Waals surface area contributed by atoms with Crippen LogP contribution in [0.5, 0.6) is 5.88 Å². The molecule has 1 aliphatic rings. The standard InChI is InChI=1S/C20H26N4O/c1-21-20(23-14-16-8-3-2-4-9-16)24-15-17-10-7-13-22-19(17)25-18-11-5-6-12-18/h2-4,7-10,13,18H,5-6,11-12,14-15H2,1H3,(H2,21,23,24). The molecule has 0 amide bonds. The van der Waals surface area contributed by atoms with Gasteiger partial charge in [0.2, 0.25) is 5.88 Å². The second-order valence-electron chi connectivity index (χ2n) is 6.26. The average molecular weight is 338 g/mol. The average Bonchev–Trinajstić information content (AvgIpc) is 3.17. The maximum Gasteiger partial charge on any atom is 0.218 e. The molecule has 0 aliphatic heterocycles. The van der Waals surface area contributed by atoms with Crippen molar-refractivity contribution in [3.05, 3.63) is 59.8 Å². The number of nitrogens with zero attached hydrogens (tertiary/aromatic N) is 2. The van der Waals surface area contributed by atoms with E-state index in [-0.39, 0.29) is 0 Å². The highest BCUT2D eigenvalue weighted by molar-refractivity contribution is 5.79. The number of aliphatic imine (C=N–C) groups is 1. The molecule has 1 saturated carbocycles. The molecule has 0 spiro atoms. The van der Waals surface area contributed by atoms with Crippen molar-refractivity contribution in [1.82, 2.24) is 15.6 Å². The minimum Gasteiger partial charge on any atom is -0.474 e. The third-order valence-electron chi connectivity index (χ3n) is 4.40. The first-order valence-corrected chi connectivity index (χ1v) is 8.94. The van der Waals surface area contributed by atoms with Crippen molar-refractivity contribution >= 4 is 5.96 Å². The summed E-state index contributed by atoms with van der Waals surface area (Å²) in [7, 11) is 1.78. The summed E-state index contributed by atoms with van der Waals surface area (Å²) in [5.74, 6) is 1.50. The van der Waals surface area contributed by atoms with Crippen LogP contribution in [0.1, 0.15) is 36.8 Å². The first-order valence-electron chi connectivity index (χ1n) is 8.94. The lowest BCUT2D eigenvalue weighted by Crippen LogP contribution is -2.36. The van der Waals surface area contributed by atoms with Crippen molar-refractivity contribution < 1.29 is 4.74 Å². The van der Waals surface area contributed by atoms with Crippen LogP contribution in [0, 0.1) is 0 Å². The van der Waals surface area contributed by atoms with Gasteiger partial charge in [-0.1, -0.05) is 36.4 Å². The summed E-state index contributed by atoms with van der Waals surface area (Å²) in [5, 5.41) is 6.67. The molecule has 0 saturated heterocycles. The van der Waals surface area contributed by atoms with E-state index in [1.807, 2.05) is 24.3 Å². The van der Waals surface area contributed by atoms with Crippen molar-refractivity contribution in [2.45, 2.75) is 44.9 Å². The van der Waals surface area contributed by atoms with Gasteiger partial charge in [-0.3, -0.25) is 4.99 Å². The maximum atomic E-state index is 6.09. The van der Waals surface area contributed by atoms with Gasteiger partial charge >= 0.3 is 0 Å². The fourth-order valence-electron chi connectivity index (χ4n) is 3.01. The van der Waals surface area contributed by atoms with Gasteiger partial charge in [-0.15, -0.1) is 0 Å². The van der Waals surface area contributed by atoms with E-state index < -0.39 is 0 Å². The lowest BCUT2D eigenvalue weighted by atomic mass is 10.2. The molecule has 0 radical (unpaired) electrons. The molecular weight excluding hydrogens is 312 g/mol. The molecule has 1 aliphatic carbocycles. The van der Waals surface area contributed by atoms with Crippen LogP contribution in [-0.4, -0.2) is 24.1 Å². The third kappa shape index (κ3) is 5.21. The second kappa shape index (κ2) is 9.06. The summed E-state index contributed by atoms with van der Waals surface area (Å²) >= 11 is 0. The van der Waals surface area contributed by atoms with E-state index >= 15 is 0 Å². The molecule has 1 aromatic carbocycles. The number of guanidine groups is 1. The van der Waals surface area contributed by atoms with Gasteiger partial charge in [0.05, 0.1) is 0 Å². The summed E-state index contributed by atoms with van der Waals surface area (Å²) in [4.78, 5) is 8.70. The Balaban J connectivity index is 1.54. The summed E-state index contributed by atoms with van der Waals surface area (Å²) < 4.78 is 6.09. The summed E-state index contributed by atoms with van der Waals surface area (Å²) in [5.41, 5.74) is 2.27. The highest BCUT2D eigenvalue weighted by Crippen LogP contribution is 2.24. The highest BCUT2D eigenvalue weighted by Gasteiger charge is 2.18. The molecule has 1 heterocycles. The Kier molecular flexibility index (Phi) is 6.26. The molecule has 2 N–H and O–H groups in total. The number of hydrogen-bond acceptors (Lipinski definition) is 3. The second-order valence-corrected chi connectivity index (χ2v) is 6.26. The zero-order valence-corrected chi connectivity index (χ0v) is 14.7. The van der Waals surface area contributed by atoms with E-state index in [1.165, 1.54) is 18.4 Å². The molecule has 1 aromatic heterocycles. The fourth-order valence-corrected chi connectivity index (χ4v) is 3.01. The molecule has 1 fully saturated rings. The molecule has 3 rings (SSSR count). The lowest BCUT2D eigenvalue weighted by molar-refractivity contribution is 0.199. The Morgan fingerprint density at radius 3 is 2.60 bits per heavy atom. The molecule has 25 heavy (non-hydrogen) atoms. The van der Waals surface area contributed by atoms with Gasteiger partial charge in [-0.2, -0.15) is 0 Å². The highest BCUT2D eigenvalue weighted by atomic mass is 16.5. The number of hydrogen-bond donors (Lipinski definition) is 2. The number of aromatic nitrogens is 1. The van der Waals surface area contributed by atoms with Crippen LogP contribution < -0.4 is 15.4 Å². The monoisotopic (exact) mass is 338 g/mol. The van der Waals surface area contributed by atoms with E-state index in [1.54, 1.807) is 13.2 Å². The quantitative estimate of drug-likeness (QED) is 0.627. The van der Waals surface area contributed by atoms with E-state index in [0.29, 0.717) is 12.6 Å². The largest absolute Gasteiger partial charge is 0.474 e. The third-order valence-corrected chi connectivity index (χ3v) is 4.40. The van der Waals surface area contributed by atoms with Crippen LogP contribution in [0.3, 0.4) is 0 Å². The number of rotatable bonds is 6. The Labute approximate surface area is 149 Å². The summed E-state index contributed by atoms with van der Waals surface area (Å²) in [6.45, 7) is 1.36. The van der Waals surface area contributed by atoms with E-state index in [4.69, 9.17) is 4.74 Å². The van der Waals surface area contributed by atoms with Crippen LogP contribution in [-0.2, 0) is 13.1 Å². The van der Waals surface area contributed by atoms with Crippen molar-refractivity contribution in [2.75, 3.05) is 7.05 Å². The van der Waals surface area contributed by atoms with Crippen molar-refractivity contribution in [3.8, 4) is 5.88 Å². The fraction of sp³-hybridized carbons (Fsp3) is 0.400. The summed E-state index contributed by atoms with van der Waals surface area (Å²) in [6, 6.07) is 14.3. The van der Waals surface area contributed by atoms with Crippen LogP contribution in [0.15, 0.2) is 53.7 Å².